The van der Waals surface area contributed by atoms with Crippen LogP contribution < -0.4 is 10.6 Å². The van der Waals surface area contributed by atoms with Crippen molar-refractivity contribution in [3.8, 4) is 0 Å². The van der Waals surface area contributed by atoms with Crippen molar-refractivity contribution in [2.24, 2.45) is 4.99 Å². The van der Waals surface area contributed by atoms with Crippen LogP contribution in [0.15, 0.2) is 29.3 Å². The maximum absolute atomic E-state index is 11.2. The molecular weight excluding hydrogens is 437 g/mol. The molecule has 0 bridgehead atoms. The number of aliphatic imine (C=N–C) groups is 1. The maximum atomic E-state index is 11.2. The zero-order valence-electron chi connectivity index (χ0n) is 15.0. The fraction of sp³-hybridized carbons (Fsp3) is 0.588. The van der Waals surface area contributed by atoms with Gasteiger partial charge in [0.15, 0.2) is 5.96 Å². The van der Waals surface area contributed by atoms with Crippen LogP contribution in [0.25, 0.3) is 0 Å². The highest BCUT2D eigenvalue weighted by molar-refractivity contribution is 14.0. The largest absolute Gasteiger partial charge is 0.357 e. The van der Waals surface area contributed by atoms with Gasteiger partial charge in [0.05, 0.1) is 5.75 Å². The topological polar surface area (TPSA) is 70.6 Å². The van der Waals surface area contributed by atoms with Crippen LogP contribution in [0.2, 0.25) is 0 Å². The molecule has 2 N–H and O–H groups in total. The molecule has 0 fully saturated rings. The summed E-state index contributed by atoms with van der Waals surface area (Å²) in [6.07, 6.45) is 2.73. The molecule has 0 heterocycles. The second-order valence-corrected chi connectivity index (χ2v) is 8.16. The third-order valence-electron chi connectivity index (χ3n) is 3.56. The molecule has 0 saturated carbocycles. The van der Waals surface area contributed by atoms with Crippen molar-refractivity contribution in [3.63, 3.8) is 0 Å². The van der Waals surface area contributed by atoms with Gasteiger partial charge in [0, 0.05) is 25.4 Å². The number of hydrogen-bond donors (Lipinski definition) is 2. The van der Waals surface area contributed by atoms with E-state index in [9.17, 15) is 8.42 Å². The molecule has 5 nitrogen and oxygen atoms in total. The molecule has 0 aliphatic carbocycles. The Morgan fingerprint density at radius 2 is 1.96 bits per heavy atom. The van der Waals surface area contributed by atoms with Gasteiger partial charge in [0.1, 0.15) is 9.84 Å². The maximum Gasteiger partial charge on any atom is 0.191 e. The molecule has 0 amide bonds. The van der Waals surface area contributed by atoms with E-state index >= 15 is 0 Å². The molecule has 0 radical (unpaired) electrons. The molecule has 0 aliphatic heterocycles. The standard InChI is InChI=1S/C17H29N3O2S.HI/c1-5-18-17(20-15(3)11-13-23(4,21)22)19-12-10-16-9-7-6-8-14(16)2;/h6-9,15H,5,10-13H2,1-4H3,(H2,18,19,20);1H. The minimum Gasteiger partial charge on any atom is -0.357 e. The molecule has 1 aromatic carbocycles. The Morgan fingerprint density at radius 1 is 1.29 bits per heavy atom. The monoisotopic (exact) mass is 467 g/mol. The first-order valence-electron chi connectivity index (χ1n) is 8.09. The molecule has 1 rings (SSSR count). The van der Waals surface area contributed by atoms with Gasteiger partial charge < -0.3 is 10.6 Å². The molecule has 24 heavy (non-hydrogen) atoms. The van der Waals surface area contributed by atoms with Gasteiger partial charge in [-0.05, 0) is 44.7 Å². The first-order valence-corrected chi connectivity index (χ1v) is 10.1. The van der Waals surface area contributed by atoms with Gasteiger partial charge in [-0.15, -0.1) is 24.0 Å². The second-order valence-electron chi connectivity index (χ2n) is 5.90. The lowest BCUT2D eigenvalue weighted by Gasteiger charge is -2.17. The van der Waals surface area contributed by atoms with Crippen molar-refractivity contribution >= 4 is 39.8 Å². The molecule has 7 heteroatoms. The summed E-state index contributed by atoms with van der Waals surface area (Å²) in [7, 11) is -2.93. The Balaban J connectivity index is 0.00000529. The summed E-state index contributed by atoms with van der Waals surface area (Å²) in [5, 5.41) is 6.47. The van der Waals surface area contributed by atoms with Gasteiger partial charge >= 0.3 is 0 Å². The third kappa shape index (κ3) is 10.1. The number of guanidine groups is 1. The summed E-state index contributed by atoms with van der Waals surface area (Å²) < 4.78 is 22.5. The van der Waals surface area contributed by atoms with Crippen molar-refractivity contribution in [2.45, 2.75) is 39.7 Å². The van der Waals surface area contributed by atoms with Gasteiger partial charge in [-0.3, -0.25) is 4.99 Å². The number of benzene rings is 1. The van der Waals surface area contributed by atoms with Gasteiger partial charge in [-0.25, -0.2) is 8.42 Å². The number of hydrogen-bond acceptors (Lipinski definition) is 3. The zero-order chi connectivity index (χ0) is 17.3. The van der Waals surface area contributed by atoms with Crippen LogP contribution in [0.4, 0.5) is 0 Å². The Kier molecular flexibility index (Phi) is 11.3. The zero-order valence-corrected chi connectivity index (χ0v) is 18.1. The number of sulfone groups is 1. The van der Waals surface area contributed by atoms with Crippen molar-refractivity contribution in [1.29, 1.82) is 0 Å². The highest BCUT2D eigenvalue weighted by Crippen LogP contribution is 2.07. The van der Waals surface area contributed by atoms with E-state index < -0.39 is 9.84 Å². The molecule has 1 unspecified atom stereocenters. The number of halogens is 1. The highest BCUT2D eigenvalue weighted by atomic mass is 127. The summed E-state index contributed by atoms with van der Waals surface area (Å²) in [5.41, 5.74) is 2.58. The summed E-state index contributed by atoms with van der Waals surface area (Å²) in [6, 6.07) is 8.37. The Labute approximate surface area is 163 Å². The van der Waals surface area contributed by atoms with E-state index in [1.165, 1.54) is 17.4 Å². The van der Waals surface area contributed by atoms with Crippen LogP contribution in [0.5, 0.6) is 0 Å². The second kappa shape index (κ2) is 11.7. The lowest BCUT2D eigenvalue weighted by molar-refractivity contribution is 0.581. The smallest absolute Gasteiger partial charge is 0.191 e. The lowest BCUT2D eigenvalue weighted by Crippen LogP contribution is -2.43. The summed E-state index contributed by atoms with van der Waals surface area (Å²) in [6.45, 7) is 7.56. The van der Waals surface area contributed by atoms with E-state index in [1.54, 1.807) is 0 Å². The molecule has 138 valence electrons. The van der Waals surface area contributed by atoms with Crippen LogP contribution >= 0.6 is 24.0 Å². The molecule has 1 atom stereocenters. The first-order chi connectivity index (χ1) is 10.8. The average Bonchev–Trinajstić information content (AvgIpc) is 2.46. The Morgan fingerprint density at radius 3 is 2.54 bits per heavy atom. The quantitative estimate of drug-likeness (QED) is 0.350. The molecule has 1 aromatic rings. The van der Waals surface area contributed by atoms with Gasteiger partial charge in [0.25, 0.3) is 0 Å². The molecule has 0 saturated heterocycles. The predicted molar refractivity (Wildman–Crippen MR) is 113 cm³/mol. The predicted octanol–water partition coefficient (Wildman–Crippen LogP) is 2.53. The fourth-order valence-electron chi connectivity index (χ4n) is 2.20. The molecule has 0 spiro atoms. The normalized spacial score (nSPS) is 13.1. The number of nitrogens with one attached hydrogen (secondary N) is 2. The van der Waals surface area contributed by atoms with Crippen LogP contribution in [0.3, 0.4) is 0 Å². The number of aryl methyl sites for hydroxylation is 1. The average molecular weight is 467 g/mol. The number of nitrogens with zero attached hydrogens (tertiary/aromatic N) is 1. The molecule has 0 aliphatic rings. The van der Waals surface area contributed by atoms with Crippen molar-refractivity contribution in [2.75, 3.05) is 25.1 Å². The van der Waals surface area contributed by atoms with E-state index in [1.807, 2.05) is 26.0 Å². The number of rotatable bonds is 8. The molecule has 0 aromatic heterocycles. The van der Waals surface area contributed by atoms with E-state index in [0.717, 1.165) is 18.9 Å². The van der Waals surface area contributed by atoms with Crippen LogP contribution in [-0.2, 0) is 16.3 Å². The summed E-state index contributed by atoms with van der Waals surface area (Å²) in [5.74, 6) is 0.922. The minimum absolute atomic E-state index is 0. The minimum atomic E-state index is -2.93. The van der Waals surface area contributed by atoms with E-state index in [2.05, 4.69) is 34.7 Å². The van der Waals surface area contributed by atoms with Crippen molar-refractivity contribution < 1.29 is 8.42 Å². The lowest BCUT2D eigenvalue weighted by atomic mass is 10.1. The van der Waals surface area contributed by atoms with Crippen molar-refractivity contribution in [1.82, 2.24) is 10.6 Å². The Hall–Kier alpha value is -0.830. The van der Waals surface area contributed by atoms with Crippen LogP contribution in [0, 0.1) is 6.92 Å². The SMILES string of the molecule is CCNC(=NCCc1ccccc1C)NC(C)CCS(C)(=O)=O.I. The van der Waals surface area contributed by atoms with Crippen LogP contribution in [0.1, 0.15) is 31.4 Å². The van der Waals surface area contributed by atoms with E-state index in [0.29, 0.717) is 13.0 Å². The first kappa shape index (κ1) is 23.2. The van der Waals surface area contributed by atoms with Gasteiger partial charge in [-0.1, -0.05) is 24.3 Å². The van der Waals surface area contributed by atoms with Crippen LogP contribution in [-0.4, -0.2) is 45.5 Å². The van der Waals surface area contributed by atoms with E-state index in [4.69, 9.17) is 0 Å². The van der Waals surface area contributed by atoms with Gasteiger partial charge in [0.2, 0.25) is 0 Å². The van der Waals surface area contributed by atoms with E-state index in [-0.39, 0.29) is 35.8 Å². The highest BCUT2D eigenvalue weighted by Gasteiger charge is 2.09. The summed E-state index contributed by atoms with van der Waals surface area (Å²) >= 11 is 0. The fourth-order valence-corrected chi connectivity index (χ4v) is 2.98. The summed E-state index contributed by atoms with van der Waals surface area (Å²) in [4.78, 5) is 4.58. The third-order valence-corrected chi connectivity index (χ3v) is 4.54. The molecular formula is C17H30IN3O2S. The van der Waals surface area contributed by atoms with Crippen molar-refractivity contribution in [3.05, 3.63) is 35.4 Å². The Bertz CT molecular complexity index is 618. The van der Waals surface area contributed by atoms with Gasteiger partial charge in [-0.2, -0.15) is 0 Å².